The molecular formula is C18H33IN4O2S. The molecule has 1 fully saturated rings. The molecule has 0 amide bonds. The smallest absolute Gasteiger partial charge is 0.190 e. The SMILES string of the molecule is CN=C(NCCCOC1CCOC1)NCCc1nc(C(C)(C)C)cs1.I. The molecule has 26 heavy (non-hydrogen) atoms. The first-order valence-corrected chi connectivity index (χ1v) is 9.96. The average molecular weight is 496 g/mol. The normalized spacial score (nSPS) is 17.8. The van der Waals surface area contributed by atoms with Crippen LogP contribution in [-0.2, 0) is 21.3 Å². The van der Waals surface area contributed by atoms with E-state index in [1.807, 2.05) is 0 Å². The van der Waals surface area contributed by atoms with Gasteiger partial charge in [-0.2, -0.15) is 0 Å². The lowest BCUT2D eigenvalue weighted by atomic mass is 9.93. The summed E-state index contributed by atoms with van der Waals surface area (Å²) >= 11 is 1.73. The molecule has 150 valence electrons. The maximum atomic E-state index is 5.75. The standard InChI is InChI=1S/C18H32N4O2S.HI/c1-18(2,3)15-13-25-16(22-15)6-9-21-17(19-4)20-8-5-10-24-14-7-11-23-12-14;/h13-14H,5-12H2,1-4H3,(H2,19,20,21);1H. The molecule has 2 N–H and O–H groups in total. The van der Waals surface area contributed by atoms with Gasteiger partial charge in [0, 0.05) is 50.6 Å². The Morgan fingerprint density at radius 3 is 2.77 bits per heavy atom. The Hall–Kier alpha value is -0.450. The molecule has 0 aliphatic carbocycles. The number of thiazole rings is 1. The number of nitrogens with zero attached hydrogens (tertiary/aromatic N) is 2. The van der Waals surface area contributed by atoms with E-state index >= 15 is 0 Å². The minimum Gasteiger partial charge on any atom is -0.379 e. The first kappa shape index (κ1) is 23.6. The van der Waals surface area contributed by atoms with Crippen LogP contribution >= 0.6 is 35.3 Å². The quantitative estimate of drug-likeness (QED) is 0.251. The number of aromatic nitrogens is 1. The molecule has 0 saturated carbocycles. The summed E-state index contributed by atoms with van der Waals surface area (Å²) in [6.45, 7) is 10.6. The summed E-state index contributed by atoms with van der Waals surface area (Å²) in [5.41, 5.74) is 1.29. The number of nitrogens with one attached hydrogen (secondary N) is 2. The highest BCUT2D eigenvalue weighted by atomic mass is 127. The minimum absolute atomic E-state index is 0. The summed E-state index contributed by atoms with van der Waals surface area (Å²) < 4.78 is 11.1. The van der Waals surface area contributed by atoms with Crippen LogP contribution in [0, 0.1) is 0 Å². The summed E-state index contributed by atoms with van der Waals surface area (Å²) in [6, 6.07) is 0. The van der Waals surface area contributed by atoms with E-state index in [0.29, 0.717) is 0 Å². The Balaban J connectivity index is 0.00000338. The van der Waals surface area contributed by atoms with Gasteiger partial charge in [0.2, 0.25) is 0 Å². The van der Waals surface area contributed by atoms with Crippen LogP contribution in [-0.4, -0.2) is 57.0 Å². The third-order valence-electron chi connectivity index (χ3n) is 4.03. The molecule has 1 aliphatic rings. The van der Waals surface area contributed by atoms with Gasteiger partial charge in [-0.3, -0.25) is 4.99 Å². The molecule has 1 aliphatic heterocycles. The predicted octanol–water partition coefficient (Wildman–Crippen LogP) is 2.96. The molecule has 8 heteroatoms. The van der Waals surface area contributed by atoms with Crippen LogP contribution in [0.15, 0.2) is 10.4 Å². The van der Waals surface area contributed by atoms with Crippen LogP contribution in [0.1, 0.15) is 44.3 Å². The molecule has 0 radical (unpaired) electrons. The number of rotatable bonds is 8. The molecule has 0 bridgehead atoms. The number of hydrogen-bond acceptors (Lipinski definition) is 5. The molecule has 1 unspecified atom stereocenters. The first-order chi connectivity index (χ1) is 12.0. The summed E-state index contributed by atoms with van der Waals surface area (Å²) in [5, 5.41) is 10.00. The van der Waals surface area contributed by atoms with E-state index in [9.17, 15) is 0 Å². The van der Waals surface area contributed by atoms with Crippen molar-refractivity contribution in [3.8, 4) is 0 Å². The van der Waals surface area contributed by atoms with Gasteiger partial charge in [0.1, 0.15) is 0 Å². The average Bonchev–Trinajstić information content (AvgIpc) is 3.24. The van der Waals surface area contributed by atoms with Gasteiger partial charge in [-0.1, -0.05) is 20.8 Å². The van der Waals surface area contributed by atoms with Gasteiger partial charge in [-0.25, -0.2) is 4.98 Å². The van der Waals surface area contributed by atoms with Crippen molar-refractivity contribution in [2.24, 2.45) is 4.99 Å². The zero-order valence-corrected chi connectivity index (χ0v) is 19.5. The second-order valence-corrected chi connectivity index (χ2v) is 8.20. The van der Waals surface area contributed by atoms with Gasteiger partial charge in [-0.05, 0) is 12.8 Å². The molecule has 0 spiro atoms. The topological polar surface area (TPSA) is 67.8 Å². The molecule has 2 heterocycles. The number of guanidine groups is 1. The van der Waals surface area contributed by atoms with E-state index in [0.717, 1.165) is 58.1 Å². The summed E-state index contributed by atoms with van der Waals surface area (Å²) in [5.74, 6) is 0.830. The van der Waals surface area contributed by atoms with Crippen molar-refractivity contribution in [2.75, 3.05) is 40.0 Å². The third-order valence-corrected chi connectivity index (χ3v) is 4.94. The van der Waals surface area contributed by atoms with Gasteiger partial charge >= 0.3 is 0 Å². The summed E-state index contributed by atoms with van der Waals surface area (Å²) in [7, 11) is 1.79. The Labute approximate surface area is 178 Å². The van der Waals surface area contributed by atoms with Crippen molar-refractivity contribution >= 4 is 41.3 Å². The Bertz CT molecular complexity index is 540. The fourth-order valence-corrected chi connectivity index (χ4v) is 3.48. The van der Waals surface area contributed by atoms with Crippen molar-refractivity contribution < 1.29 is 9.47 Å². The molecule has 0 aromatic carbocycles. The van der Waals surface area contributed by atoms with Crippen LogP contribution in [0.25, 0.3) is 0 Å². The molecule has 1 aromatic rings. The first-order valence-electron chi connectivity index (χ1n) is 9.08. The summed E-state index contributed by atoms with van der Waals surface area (Å²) in [4.78, 5) is 8.98. The second kappa shape index (κ2) is 12.1. The van der Waals surface area contributed by atoms with Crippen molar-refractivity contribution in [3.05, 3.63) is 16.1 Å². The number of ether oxygens (including phenoxy) is 2. The molecule has 1 saturated heterocycles. The lowest BCUT2D eigenvalue weighted by molar-refractivity contribution is 0.0420. The maximum Gasteiger partial charge on any atom is 0.190 e. The molecule has 1 aromatic heterocycles. The highest BCUT2D eigenvalue weighted by Crippen LogP contribution is 2.23. The van der Waals surface area contributed by atoms with Gasteiger partial charge in [-0.15, -0.1) is 35.3 Å². The molecular weight excluding hydrogens is 463 g/mol. The number of aliphatic imine (C=N–C) groups is 1. The van der Waals surface area contributed by atoms with E-state index in [2.05, 4.69) is 41.8 Å². The van der Waals surface area contributed by atoms with Crippen LogP contribution in [0.5, 0.6) is 0 Å². The fraction of sp³-hybridized carbons (Fsp3) is 0.778. The van der Waals surface area contributed by atoms with E-state index in [-0.39, 0.29) is 35.5 Å². The monoisotopic (exact) mass is 496 g/mol. The van der Waals surface area contributed by atoms with Crippen molar-refractivity contribution in [3.63, 3.8) is 0 Å². The Kier molecular flexibility index (Phi) is 11.0. The molecule has 2 rings (SSSR count). The van der Waals surface area contributed by atoms with E-state index < -0.39 is 0 Å². The highest BCUT2D eigenvalue weighted by molar-refractivity contribution is 14.0. The minimum atomic E-state index is 0. The lowest BCUT2D eigenvalue weighted by Crippen LogP contribution is -2.39. The third kappa shape index (κ3) is 8.49. The van der Waals surface area contributed by atoms with Crippen LogP contribution in [0.3, 0.4) is 0 Å². The van der Waals surface area contributed by atoms with E-state index in [1.54, 1.807) is 18.4 Å². The second-order valence-electron chi connectivity index (χ2n) is 7.26. The van der Waals surface area contributed by atoms with Crippen molar-refractivity contribution in [1.82, 2.24) is 15.6 Å². The largest absolute Gasteiger partial charge is 0.379 e. The van der Waals surface area contributed by atoms with Crippen LogP contribution in [0.4, 0.5) is 0 Å². The Morgan fingerprint density at radius 1 is 1.38 bits per heavy atom. The zero-order valence-electron chi connectivity index (χ0n) is 16.3. The van der Waals surface area contributed by atoms with Crippen molar-refractivity contribution in [2.45, 2.75) is 51.6 Å². The lowest BCUT2D eigenvalue weighted by Gasteiger charge is -2.14. The van der Waals surface area contributed by atoms with Gasteiger partial charge in [0.25, 0.3) is 0 Å². The fourth-order valence-electron chi connectivity index (χ4n) is 2.45. The van der Waals surface area contributed by atoms with Gasteiger partial charge in [0.15, 0.2) is 5.96 Å². The number of halogens is 1. The zero-order chi connectivity index (χ0) is 18.1. The van der Waals surface area contributed by atoms with E-state index in [1.165, 1.54) is 10.7 Å². The molecule has 1 atom stereocenters. The van der Waals surface area contributed by atoms with Crippen LogP contribution < -0.4 is 10.6 Å². The maximum absolute atomic E-state index is 5.75. The van der Waals surface area contributed by atoms with E-state index in [4.69, 9.17) is 14.5 Å². The highest BCUT2D eigenvalue weighted by Gasteiger charge is 2.17. The Morgan fingerprint density at radius 2 is 2.15 bits per heavy atom. The predicted molar refractivity (Wildman–Crippen MR) is 119 cm³/mol. The molecule has 6 nitrogen and oxygen atoms in total. The van der Waals surface area contributed by atoms with Gasteiger partial charge in [0.05, 0.1) is 23.4 Å². The van der Waals surface area contributed by atoms with Crippen LogP contribution in [0.2, 0.25) is 0 Å². The number of hydrogen-bond donors (Lipinski definition) is 2. The van der Waals surface area contributed by atoms with Crippen molar-refractivity contribution in [1.29, 1.82) is 0 Å². The summed E-state index contributed by atoms with van der Waals surface area (Å²) in [6.07, 6.45) is 3.17. The van der Waals surface area contributed by atoms with Gasteiger partial charge < -0.3 is 20.1 Å².